The Labute approximate surface area is 132 Å². The Bertz CT molecular complexity index is 863. The maximum absolute atomic E-state index is 14.1. The van der Waals surface area contributed by atoms with Crippen molar-refractivity contribution >= 4 is 23.4 Å². The first-order chi connectivity index (χ1) is 10.2. The van der Waals surface area contributed by atoms with Gasteiger partial charge in [0.05, 0.1) is 0 Å². The normalized spacial score (nSPS) is 10.5. The second-order valence-electron chi connectivity index (χ2n) is 4.78. The van der Waals surface area contributed by atoms with Crippen LogP contribution in [0.4, 0.5) is 4.39 Å². The van der Waals surface area contributed by atoms with Crippen molar-refractivity contribution in [3.63, 3.8) is 0 Å². The van der Waals surface area contributed by atoms with Gasteiger partial charge in [0.15, 0.2) is 0 Å². The number of pyridine rings is 2. The third-order valence-corrected chi connectivity index (χ3v) is 3.36. The van der Waals surface area contributed by atoms with Crippen molar-refractivity contribution in [2.24, 2.45) is 0 Å². The van der Waals surface area contributed by atoms with Crippen LogP contribution in [0.5, 0.6) is 0 Å². The first-order valence-corrected chi connectivity index (χ1v) is 6.60. The number of aromatic nitrogens is 2. The smallest absolute Gasteiger partial charge is 0.249 e. The highest BCUT2D eigenvalue weighted by atomic mass is 35.5. The molecule has 0 fully saturated rings. The van der Waals surface area contributed by atoms with E-state index in [4.69, 9.17) is 0 Å². The molecule has 0 amide bonds. The van der Waals surface area contributed by atoms with E-state index in [2.05, 4.69) is 15.3 Å². The number of H-pyrrole nitrogens is 1. The molecule has 0 unspecified atom stereocenters. The van der Waals surface area contributed by atoms with Crippen molar-refractivity contribution in [1.29, 1.82) is 0 Å². The summed E-state index contributed by atoms with van der Waals surface area (Å²) in [6.07, 6.45) is 1.60. The standard InChI is InChI=1S/C16H14FN3O.ClH/c1-18-9-11-3-2-10(8-14(11)17)12-6-7-19-16-13(12)4-5-15(21)20-16;/h2-8,18H,9H2,1H3,(H,19,20,21);1H. The molecule has 0 radical (unpaired) electrons. The van der Waals surface area contributed by atoms with Gasteiger partial charge in [0.1, 0.15) is 11.5 Å². The zero-order chi connectivity index (χ0) is 14.8. The molecule has 0 saturated carbocycles. The molecular formula is C16H15ClFN3O. The van der Waals surface area contributed by atoms with Crippen LogP contribution < -0.4 is 10.9 Å². The molecule has 0 aliphatic carbocycles. The first kappa shape index (κ1) is 16.1. The van der Waals surface area contributed by atoms with Crippen molar-refractivity contribution < 1.29 is 4.39 Å². The maximum Gasteiger partial charge on any atom is 0.249 e. The summed E-state index contributed by atoms with van der Waals surface area (Å²) in [6.45, 7) is 0.483. The highest BCUT2D eigenvalue weighted by Crippen LogP contribution is 2.27. The van der Waals surface area contributed by atoms with Crippen LogP contribution in [0.1, 0.15) is 5.56 Å². The molecule has 0 aliphatic heterocycles. The Morgan fingerprint density at radius 3 is 2.77 bits per heavy atom. The molecule has 3 aromatic rings. The van der Waals surface area contributed by atoms with Gasteiger partial charge < -0.3 is 10.3 Å². The van der Waals surface area contributed by atoms with Crippen LogP contribution >= 0.6 is 12.4 Å². The van der Waals surface area contributed by atoms with Gasteiger partial charge in [-0.2, -0.15) is 0 Å². The van der Waals surface area contributed by atoms with Gasteiger partial charge in [0, 0.05) is 29.8 Å². The molecule has 22 heavy (non-hydrogen) atoms. The minimum Gasteiger partial charge on any atom is -0.316 e. The predicted molar refractivity (Wildman–Crippen MR) is 87.8 cm³/mol. The van der Waals surface area contributed by atoms with Crippen molar-refractivity contribution in [3.05, 3.63) is 64.3 Å². The molecule has 2 aromatic heterocycles. The fraction of sp³-hybridized carbons (Fsp3) is 0.125. The molecule has 0 aliphatic rings. The van der Waals surface area contributed by atoms with Crippen LogP contribution in [0.3, 0.4) is 0 Å². The summed E-state index contributed by atoms with van der Waals surface area (Å²) in [5, 5.41) is 3.72. The monoisotopic (exact) mass is 319 g/mol. The minimum absolute atomic E-state index is 0. The summed E-state index contributed by atoms with van der Waals surface area (Å²) < 4.78 is 14.1. The molecule has 1 aromatic carbocycles. The highest BCUT2D eigenvalue weighted by molar-refractivity contribution is 5.92. The number of aromatic amines is 1. The second kappa shape index (κ2) is 6.68. The molecule has 0 atom stereocenters. The lowest BCUT2D eigenvalue weighted by atomic mass is 10.0. The molecule has 6 heteroatoms. The van der Waals surface area contributed by atoms with E-state index in [1.54, 1.807) is 25.4 Å². The zero-order valence-corrected chi connectivity index (χ0v) is 12.7. The van der Waals surface area contributed by atoms with Gasteiger partial charge in [-0.1, -0.05) is 12.1 Å². The van der Waals surface area contributed by atoms with Gasteiger partial charge in [0.2, 0.25) is 5.56 Å². The fourth-order valence-electron chi connectivity index (χ4n) is 2.36. The Morgan fingerprint density at radius 1 is 1.23 bits per heavy atom. The van der Waals surface area contributed by atoms with E-state index >= 15 is 0 Å². The third kappa shape index (κ3) is 3.00. The van der Waals surface area contributed by atoms with E-state index in [1.165, 1.54) is 12.1 Å². The van der Waals surface area contributed by atoms with Gasteiger partial charge in [-0.3, -0.25) is 4.79 Å². The average molecular weight is 320 g/mol. The number of hydrogen-bond donors (Lipinski definition) is 2. The minimum atomic E-state index is -0.253. The third-order valence-electron chi connectivity index (χ3n) is 3.36. The van der Waals surface area contributed by atoms with Crippen molar-refractivity contribution in [3.8, 4) is 11.1 Å². The number of nitrogens with one attached hydrogen (secondary N) is 2. The van der Waals surface area contributed by atoms with E-state index in [9.17, 15) is 9.18 Å². The van der Waals surface area contributed by atoms with Crippen LogP contribution in [-0.4, -0.2) is 17.0 Å². The van der Waals surface area contributed by atoms with E-state index in [0.29, 0.717) is 17.8 Å². The molecular weight excluding hydrogens is 305 g/mol. The maximum atomic E-state index is 14.1. The van der Waals surface area contributed by atoms with Gasteiger partial charge in [0.25, 0.3) is 0 Å². The number of halogens is 2. The number of benzene rings is 1. The number of nitrogens with zero attached hydrogens (tertiary/aromatic N) is 1. The Balaban J connectivity index is 0.00000176. The van der Waals surface area contributed by atoms with Crippen molar-refractivity contribution in [2.75, 3.05) is 7.05 Å². The summed E-state index contributed by atoms with van der Waals surface area (Å²) in [4.78, 5) is 18.2. The number of fused-ring (bicyclic) bond motifs is 1. The molecule has 0 spiro atoms. The van der Waals surface area contributed by atoms with Crippen LogP contribution in [0.2, 0.25) is 0 Å². The van der Waals surface area contributed by atoms with Gasteiger partial charge in [-0.25, -0.2) is 9.37 Å². The van der Waals surface area contributed by atoms with E-state index in [1.807, 2.05) is 12.1 Å². The molecule has 0 bridgehead atoms. The average Bonchev–Trinajstić information content (AvgIpc) is 2.48. The van der Waals surface area contributed by atoms with Gasteiger partial charge >= 0.3 is 0 Å². The van der Waals surface area contributed by atoms with Crippen LogP contribution in [0, 0.1) is 5.82 Å². The summed E-state index contributed by atoms with van der Waals surface area (Å²) in [5.74, 6) is -0.253. The van der Waals surface area contributed by atoms with Gasteiger partial charge in [-0.15, -0.1) is 12.4 Å². The highest BCUT2D eigenvalue weighted by Gasteiger charge is 2.08. The lowest BCUT2D eigenvalue weighted by Crippen LogP contribution is -2.07. The molecule has 4 nitrogen and oxygen atoms in total. The molecule has 2 N–H and O–H groups in total. The Kier molecular flexibility index (Phi) is 4.90. The predicted octanol–water partition coefficient (Wildman–Crippen LogP) is 2.87. The fourth-order valence-corrected chi connectivity index (χ4v) is 2.36. The summed E-state index contributed by atoms with van der Waals surface area (Å²) in [6, 6.07) is 10.1. The SMILES string of the molecule is CNCc1ccc(-c2ccnc3[nH]c(=O)ccc23)cc1F.Cl. The Morgan fingerprint density at radius 2 is 2.05 bits per heavy atom. The zero-order valence-electron chi connectivity index (χ0n) is 11.9. The van der Waals surface area contributed by atoms with Crippen molar-refractivity contribution in [1.82, 2.24) is 15.3 Å². The second-order valence-corrected chi connectivity index (χ2v) is 4.78. The summed E-state index contributed by atoms with van der Waals surface area (Å²) in [5.41, 5.74) is 2.51. The summed E-state index contributed by atoms with van der Waals surface area (Å²) >= 11 is 0. The largest absolute Gasteiger partial charge is 0.316 e. The molecule has 2 heterocycles. The van der Waals surface area contributed by atoms with Crippen LogP contribution in [-0.2, 0) is 6.54 Å². The van der Waals surface area contributed by atoms with Gasteiger partial charge in [-0.05, 0) is 36.4 Å². The number of hydrogen-bond acceptors (Lipinski definition) is 3. The first-order valence-electron chi connectivity index (χ1n) is 6.60. The quantitative estimate of drug-likeness (QED) is 0.780. The summed E-state index contributed by atoms with van der Waals surface area (Å²) in [7, 11) is 1.78. The molecule has 3 rings (SSSR count). The van der Waals surface area contributed by atoms with Crippen molar-refractivity contribution in [2.45, 2.75) is 6.54 Å². The molecule has 114 valence electrons. The number of rotatable bonds is 3. The molecule has 0 saturated heterocycles. The van der Waals surface area contributed by atoms with E-state index in [0.717, 1.165) is 16.5 Å². The van der Waals surface area contributed by atoms with E-state index in [-0.39, 0.29) is 23.8 Å². The van der Waals surface area contributed by atoms with Crippen LogP contribution in [0.15, 0.2) is 47.4 Å². The lowest BCUT2D eigenvalue weighted by molar-refractivity contribution is 0.601. The van der Waals surface area contributed by atoms with E-state index < -0.39 is 0 Å². The van der Waals surface area contributed by atoms with Crippen LogP contribution in [0.25, 0.3) is 22.2 Å². The lowest BCUT2D eigenvalue weighted by Gasteiger charge is -2.08. The Hall–Kier alpha value is -2.24. The topological polar surface area (TPSA) is 57.8 Å².